The molecular formula is C14H17BrN4O. The highest BCUT2D eigenvalue weighted by atomic mass is 79.9. The first-order valence-corrected chi connectivity index (χ1v) is 7.26. The quantitative estimate of drug-likeness (QED) is 0.880. The molecule has 2 heterocycles. The molecule has 5 nitrogen and oxygen atoms in total. The molecule has 0 unspecified atom stereocenters. The van der Waals surface area contributed by atoms with Gasteiger partial charge in [-0.25, -0.2) is 0 Å². The second kappa shape index (κ2) is 6.65. The van der Waals surface area contributed by atoms with Crippen molar-refractivity contribution in [2.24, 2.45) is 5.92 Å². The molecule has 0 saturated carbocycles. The summed E-state index contributed by atoms with van der Waals surface area (Å²) in [5.41, 5.74) is 2.35. The lowest BCUT2D eigenvalue weighted by Crippen LogP contribution is -2.32. The molecule has 1 amide bonds. The molecule has 0 aliphatic rings. The van der Waals surface area contributed by atoms with Gasteiger partial charge in [-0.2, -0.15) is 0 Å². The van der Waals surface area contributed by atoms with E-state index in [-0.39, 0.29) is 12.5 Å². The van der Waals surface area contributed by atoms with E-state index in [1.54, 1.807) is 12.4 Å². The van der Waals surface area contributed by atoms with Gasteiger partial charge in [0.2, 0.25) is 5.91 Å². The van der Waals surface area contributed by atoms with Crippen molar-refractivity contribution < 1.29 is 4.79 Å². The van der Waals surface area contributed by atoms with E-state index in [0.717, 1.165) is 21.2 Å². The molecule has 0 bridgehead atoms. The average molecular weight is 337 g/mol. The third kappa shape index (κ3) is 3.90. The van der Waals surface area contributed by atoms with Crippen LogP contribution in [-0.2, 0) is 4.79 Å². The van der Waals surface area contributed by atoms with Crippen molar-refractivity contribution in [3.05, 3.63) is 29.0 Å². The number of hydrogen-bond acceptors (Lipinski definition) is 4. The summed E-state index contributed by atoms with van der Waals surface area (Å²) in [4.78, 5) is 20.3. The minimum atomic E-state index is -0.0271. The van der Waals surface area contributed by atoms with Crippen LogP contribution in [0.1, 0.15) is 13.8 Å². The maximum atomic E-state index is 11.7. The Hall–Kier alpha value is -1.69. The standard InChI is InChI=1S/C14H17BrN4O/c1-9(2)6-18-13(20)8-17-11-3-4-16-12-5-10(15)7-19-14(11)12/h3-5,7,9H,6,8H2,1-2H3,(H,16,17)(H,18,20). The van der Waals surface area contributed by atoms with Gasteiger partial charge in [0.25, 0.3) is 0 Å². The summed E-state index contributed by atoms with van der Waals surface area (Å²) in [5, 5.41) is 5.97. The number of aromatic nitrogens is 2. The van der Waals surface area contributed by atoms with Gasteiger partial charge in [0.05, 0.1) is 17.7 Å². The molecule has 2 aromatic heterocycles. The maximum Gasteiger partial charge on any atom is 0.239 e. The zero-order chi connectivity index (χ0) is 14.5. The van der Waals surface area contributed by atoms with Gasteiger partial charge in [0.15, 0.2) is 0 Å². The number of pyridine rings is 2. The minimum absolute atomic E-state index is 0.0271. The molecule has 0 saturated heterocycles. The fraction of sp³-hybridized carbons (Fsp3) is 0.357. The first kappa shape index (κ1) is 14.7. The number of halogens is 1. The summed E-state index contributed by atoms with van der Waals surface area (Å²) in [6.45, 7) is 5.03. The summed E-state index contributed by atoms with van der Waals surface area (Å²) >= 11 is 3.37. The number of hydrogen-bond donors (Lipinski definition) is 2. The van der Waals surface area contributed by atoms with E-state index in [4.69, 9.17) is 0 Å². The number of amides is 1. The molecule has 2 N–H and O–H groups in total. The number of fused-ring (bicyclic) bond motifs is 1. The third-order valence-electron chi connectivity index (χ3n) is 2.69. The lowest BCUT2D eigenvalue weighted by Gasteiger charge is -2.10. The summed E-state index contributed by atoms with van der Waals surface area (Å²) in [7, 11) is 0. The van der Waals surface area contributed by atoms with Crippen LogP contribution >= 0.6 is 15.9 Å². The van der Waals surface area contributed by atoms with Crippen molar-refractivity contribution in [2.45, 2.75) is 13.8 Å². The van der Waals surface area contributed by atoms with E-state index in [0.29, 0.717) is 12.5 Å². The Labute approximate surface area is 126 Å². The Morgan fingerprint density at radius 3 is 2.95 bits per heavy atom. The fourth-order valence-corrected chi connectivity index (χ4v) is 2.02. The van der Waals surface area contributed by atoms with Gasteiger partial charge in [-0.15, -0.1) is 0 Å². The smallest absolute Gasteiger partial charge is 0.239 e. The van der Waals surface area contributed by atoms with E-state index < -0.39 is 0 Å². The van der Waals surface area contributed by atoms with Gasteiger partial charge >= 0.3 is 0 Å². The molecule has 0 spiro atoms. The van der Waals surface area contributed by atoms with Gasteiger partial charge < -0.3 is 10.6 Å². The summed E-state index contributed by atoms with van der Waals surface area (Å²) in [6, 6.07) is 3.71. The highest BCUT2D eigenvalue weighted by molar-refractivity contribution is 9.10. The zero-order valence-electron chi connectivity index (χ0n) is 11.5. The first-order chi connectivity index (χ1) is 9.56. The Morgan fingerprint density at radius 2 is 2.20 bits per heavy atom. The second-order valence-electron chi connectivity index (χ2n) is 4.93. The molecule has 2 rings (SSSR count). The minimum Gasteiger partial charge on any atom is -0.374 e. The van der Waals surface area contributed by atoms with Crippen molar-refractivity contribution >= 4 is 38.6 Å². The number of anilines is 1. The largest absolute Gasteiger partial charge is 0.374 e. The molecule has 2 aromatic rings. The molecule has 6 heteroatoms. The van der Waals surface area contributed by atoms with E-state index >= 15 is 0 Å². The van der Waals surface area contributed by atoms with Gasteiger partial charge in [-0.05, 0) is 34.0 Å². The highest BCUT2D eigenvalue weighted by Crippen LogP contribution is 2.21. The normalized spacial score (nSPS) is 10.8. The van der Waals surface area contributed by atoms with Crippen LogP contribution in [0.4, 0.5) is 5.69 Å². The monoisotopic (exact) mass is 336 g/mol. The average Bonchev–Trinajstić information content (AvgIpc) is 2.42. The van der Waals surface area contributed by atoms with Gasteiger partial charge in [-0.1, -0.05) is 13.8 Å². The number of nitrogens with one attached hydrogen (secondary N) is 2. The number of carbonyl (C=O) groups is 1. The lowest BCUT2D eigenvalue weighted by atomic mass is 10.2. The number of carbonyl (C=O) groups excluding carboxylic acids is 1. The fourth-order valence-electron chi connectivity index (χ4n) is 1.70. The maximum absolute atomic E-state index is 11.7. The van der Waals surface area contributed by atoms with E-state index in [9.17, 15) is 4.79 Å². The van der Waals surface area contributed by atoms with Crippen molar-refractivity contribution in [3.63, 3.8) is 0 Å². The topological polar surface area (TPSA) is 66.9 Å². The van der Waals surface area contributed by atoms with Crippen molar-refractivity contribution in [3.8, 4) is 0 Å². The van der Waals surface area contributed by atoms with E-state index in [2.05, 4.69) is 50.4 Å². The molecule has 106 valence electrons. The Bertz CT molecular complexity index is 615. The van der Waals surface area contributed by atoms with Gasteiger partial charge in [-0.3, -0.25) is 14.8 Å². The van der Waals surface area contributed by atoms with Crippen molar-refractivity contribution in [2.75, 3.05) is 18.4 Å². The highest BCUT2D eigenvalue weighted by Gasteiger charge is 2.06. The zero-order valence-corrected chi connectivity index (χ0v) is 13.1. The van der Waals surface area contributed by atoms with E-state index in [1.807, 2.05) is 12.1 Å². The third-order valence-corrected chi connectivity index (χ3v) is 3.12. The molecule has 0 fully saturated rings. The van der Waals surface area contributed by atoms with E-state index in [1.165, 1.54) is 0 Å². The Morgan fingerprint density at radius 1 is 1.40 bits per heavy atom. The summed E-state index contributed by atoms with van der Waals surface area (Å²) in [5.74, 6) is 0.417. The molecule has 0 aliphatic carbocycles. The van der Waals surface area contributed by atoms with Gasteiger partial charge in [0.1, 0.15) is 5.52 Å². The Balaban J connectivity index is 2.05. The van der Waals surface area contributed by atoms with Crippen LogP contribution in [0.3, 0.4) is 0 Å². The van der Waals surface area contributed by atoms with Crippen molar-refractivity contribution in [1.82, 2.24) is 15.3 Å². The number of nitrogens with zero attached hydrogens (tertiary/aromatic N) is 2. The first-order valence-electron chi connectivity index (χ1n) is 6.47. The lowest BCUT2D eigenvalue weighted by molar-refractivity contribution is -0.119. The number of rotatable bonds is 5. The van der Waals surface area contributed by atoms with Crippen LogP contribution in [-0.4, -0.2) is 29.0 Å². The molecule has 0 atom stereocenters. The van der Waals surface area contributed by atoms with Crippen LogP contribution < -0.4 is 10.6 Å². The second-order valence-corrected chi connectivity index (χ2v) is 5.85. The van der Waals surface area contributed by atoms with Crippen LogP contribution in [0.25, 0.3) is 11.0 Å². The molecule has 0 aromatic carbocycles. The molecule has 0 radical (unpaired) electrons. The van der Waals surface area contributed by atoms with Crippen LogP contribution in [0, 0.1) is 5.92 Å². The van der Waals surface area contributed by atoms with Gasteiger partial charge in [0, 0.05) is 23.4 Å². The summed E-state index contributed by atoms with van der Waals surface area (Å²) in [6.07, 6.45) is 3.42. The predicted octanol–water partition coefficient (Wildman–Crippen LogP) is 2.58. The molecular weight excluding hydrogens is 320 g/mol. The predicted molar refractivity (Wildman–Crippen MR) is 83.6 cm³/mol. The van der Waals surface area contributed by atoms with Crippen LogP contribution in [0.15, 0.2) is 29.0 Å². The van der Waals surface area contributed by atoms with Crippen LogP contribution in [0.2, 0.25) is 0 Å². The van der Waals surface area contributed by atoms with Crippen LogP contribution in [0.5, 0.6) is 0 Å². The van der Waals surface area contributed by atoms with Crippen molar-refractivity contribution in [1.29, 1.82) is 0 Å². The summed E-state index contributed by atoms with van der Waals surface area (Å²) < 4.78 is 0.879. The SMILES string of the molecule is CC(C)CNC(=O)CNc1ccnc2cc(Br)cnc12. The molecule has 0 aliphatic heterocycles. The molecule has 20 heavy (non-hydrogen) atoms. The Kier molecular flexibility index (Phi) is 4.89.